The van der Waals surface area contributed by atoms with Gasteiger partial charge in [0.15, 0.2) is 5.11 Å². The van der Waals surface area contributed by atoms with Crippen molar-refractivity contribution in [1.82, 2.24) is 9.80 Å². The second kappa shape index (κ2) is 11.1. The minimum absolute atomic E-state index is 0.738. The SMILES string of the molecule is COc1cccc(NC(=S)N(CCCN2CCOCC2)Cc2cccc(C)c2)c1. The number of nitrogens with zero attached hydrogens (tertiary/aromatic N) is 2. The molecule has 2 aromatic rings. The van der Waals surface area contributed by atoms with Crippen LogP contribution in [0.15, 0.2) is 48.5 Å². The van der Waals surface area contributed by atoms with Crippen molar-refractivity contribution in [2.24, 2.45) is 0 Å². The van der Waals surface area contributed by atoms with E-state index in [1.165, 1.54) is 11.1 Å². The van der Waals surface area contributed by atoms with Gasteiger partial charge >= 0.3 is 0 Å². The third-order valence-electron chi connectivity index (χ3n) is 5.07. The molecule has 3 rings (SSSR count). The van der Waals surface area contributed by atoms with Crippen molar-refractivity contribution in [2.45, 2.75) is 19.9 Å². The summed E-state index contributed by atoms with van der Waals surface area (Å²) >= 11 is 5.78. The fraction of sp³-hybridized carbons (Fsp3) is 0.435. The summed E-state index contributed by atoms with van der Waals surface area (Å²) in [5.41, 5.74) is 3.48. The highest BCUT2D eigenvalue weighted by Crippen LogP contribution is 2.18. The van der Waals surface area contributed by atoms with E-state index in [2.05, 4.69) is 46.3 Å². The van der Waals surface area contributed by atoms with Crippen LogP contribution in [0.2, 0.25) is 0 Å². The lowest BCUT2D eigenvalue weighted by Gasteiger charge is -2.30. The van der Waals surface area contributed by atoms with Crippen LogP contribution in [0.25, 0.3) is 0 Å². The Morgan fingerprint density at radius 1 is 1.17 bits per heavy atom. The van der Waals surface area contributed by atoms with Crippen LogP contribution >= 0.6 is 12.2 Å². The van der Waals surface area contributed by atoms with Gasteiger partial charge in [-0.2, -0.15) is 0 Å². The number of hydrogen-bond acceptors (Lipinski definition) is 4. The second-order valence-electron chi connectivity index (χ2n) is 7.38. The van der Waals surface area contributed by atoms with Crippen LogP contribution < -0.4 is 10.1 Å². The van der Waals surface area contributed by atoms with E-state index in [0.717, 1.165) is 68.9 Å². The first-order chi connectivity index (χ1) is 14.1. The molecule has 0 aliphatic carbocycles. The average Bonchev–Trinajstić information content (AvgIpc) is 2.74. The van der Waals surface area contributed by atoms with Gasteiger partial charge in [0.1, 0.15) is 5.75 Å². The minimum Gasteiger partial charge on any atom is -0.497 e. The number of hydrogen-bond donors (Lipinski definition) is 1. The van der Waals surface area contributed by atoms with Crippen LogP contribution in [0.3, 0.4) is 0 Å². The molecule has 1 fully saturated rings. The number of nitrogens with one attached hydrogen (secondary N) is 1. The second-order valence-corrected chi connectivity index (χ2v) is 7.77. The predicted octanol–water partition coefficient (Wildman–Crippen LogP) is 3.92. The van der Waals surface area contributed by atoms with Gasteiger partial charge in [0.05, 0.1) is 20.3 Å². The molecule has 29 heavy (non-hydrogen) atoms. The van der Waals surface area contributed by atoms with Crippen LogP contribution in [-0.4, -0.2) is 61.4 Å². The number of morpholine rings is 1. The largest absolute Gasteiger partial charge is 0.497 e. The van der Waals surface area contributed by atoms with Crippen molar-refractivity contribution in [1.29, 1.82) is 0 Å². The van der Waals surface area contributed by atoms with Crippen molar-refractivity contribution >= 4 is 23.0 Å². The van der Waals surface area contributed by atoms with Crippen LogP contribution in [0, 0.1) is 6.92 Å². The van der Waals surface area contributed by atoms with E-state index in [-0.39, 0.29) is 0 Å². The summed E-state index contributed by atoms with van der Waals surface area (Å²) in [5.74, 6) is 0.815. The molecular formula is C23H31N3O2S. The highest BCUT2D eigenvalue weighted by Gasteiger charge is 2.14. The van der Waals surface area contributed by atoms with E-state index in [1.54, 1.807) is 7.11 Å². The minimum atomic E-state index is 0.738. The molecule has 0 atom stereocenters. The Bertz CT molecular complexity index is 793. The first-order valence-electron chi connectivity index (χ1n) is 10.2. The third kappa shape index (κ3) is 6.99. The van der Waals surface area contributed by atoms with E-state index in [4.69, 9.17) is 21.7 Å². The summed E-state index contributed by atoms with van der Waals surface area (Å²) in [6, 6.07) is 16.5. The standard InChI is InChI=1S/C23H31N3O2S/c1-19-6-3-7-20(16-19)18-26(11-5-10-25-12-14-28-15-13-25)23(29)24-21-8-4-9-22(17-21)27-2/h3-4,6-9,16-17H,5,10-15,18H2,1-2H3,(H,24,29). The van der Waals surface area contributed by atoms with E-state index in [0.29, 0.717) is 0 Å². The molecule has 5 nitrogen and oxygen atoms in total. The van der Waals surface area contributed by atoms with Crippen molar-refractivity contribution in [3.63, 3.8) is 0 Å². The monoisotopic (exact) mass is 413 g/mol. The number of methoxy groups -OCH3 is 1. The zero-order valence-electron chi connectivity index (χ0n) is 17.4. The molecule has 1 aliphatic heterocycles. The van der Waals surface area contributed by atoms with Crippen LogP contribution in [0.4, 0.5) is 5.69 Å². The van der Waals surface area contributed by atoms with E-state index < -0.39 is 0 Å². The predicted molar refractivity (Wildman–Crippen MR) is 123 cm³/mol. The normalized spacial score (nSPS) is 14.4. The summed E-state index contributed by atoms with van der Waals surface area (Å²) in [7, 11) is 1.67. The van der Waals surface area contributed by atoms with Gasteiger partial charge in [-0.15, -0.1) is 0 Å². The highest BCUT2D eigenvalue weighted by atomic mass is 32.1. The molecule has 1 saturated heterocycles. The Labute approximate surface area is 179 Å². The molecule has 1 heterocycles. The Morgan fingerprint density at radius 2 is 1.97 bits per heavy atom. The lowest BCUT2D eigenvalue weighted by molar-refractivity contribution is 0.0368. The molecule has 0 aromatic heterocycles. The Morgan fingerprint density at radius 3 is 2.72 bits per heavy atom. The smallest absolute Gasteiger partial charge is 0.173 e. The van der Waals surface area contributed by atoms with Gasteiger partial charge in [-0.25, -0.2) is 0 Å². The molecular weight excluding hydrogens is 382 g/mol. The quantitative estimate of drug-likeness (QED) is 0.661. The fourth-order valence-corrected chi connectivity index (χ4v) is 3.77. The van der Waals surface area contributed by atoms with Crippen LogP contribution in [0.5, 0.6) is 5.75 Å². The zero-order chi connectivity index (χ0) is 20.5. The average molecular weight is 414 g/mol. The van der Waals surface area contributed by atoms with Crippen molar-refractivity contribution in [3.05, 3.63) is 59.7 Å². The molecule has 6 heteroatoms. The number of thiocarbonyl (C=S) groups is 1. The van der Waals surface area contributed by atoms with Crippen molar-refractivity contribution in [2.75, 3.05) is 51.8 Å². The molecule has 0 saturated carbocycles. The molecule has 0 spiro atoms. The van der Waals surface area contributed by atoms with Crippen molar-refractivity contribution < 1.29 is 9.47 Å². The van der Waals surface area contributed by atoms with Gasteiger partial charge in [0, 0.05) is 44.5 Å². The van der Waals surface area contributed by atoms with Gasteiger partial charge in [-0.1, -0.05) is 35.9 Å². The van der Waals surface area contributed by atoms with Crippen LogP contribution in [-0.2, 0) is 11.3 Å². The number of aryl methyl sites for hydroxylation is 1. The highest BCUT2D eigenvalue weighted by molar-refractivity contribution is 7.80. The number of benzene rings is 2. The Hall–Kier alpha value is -2.15. The zero-order valence-corrected chi connectivity index (χ0v) is 18.2. The number of ether oxygens (including phenoxy) is 2. The maximum atomic E-state index is 5.78. The molecule has 0 unspecified atom stereocenters. The summed E-state index contributed by atoms with van der Waals surface area (Å²) < 4.78 is 10.8. The van der Waals surface area contributed by atoms with Gasteiger partial charge in [-0.05, 0) is 43.3 Å². The first-order valence-corrected chi connectivity index (χ1v) is 10.6. The fourth-order valence-electron chi connectivity index (χ4n) is 3.50. The molecule has 1 aliphatic rings. The van der Waals surface area contributed by atoms with Crippen molar-refractivity contribution in [3.8, 4) is 5.75 Å². The maximum absolute atomic E-state index is 5.78. The number of anilines is 1. The molecule has 0 radical (unpaired) electrons. The summed E-state index contributed by atoms with van der Waals surface area (Å²) in [4.78, 5) is 4.72. The third-order valence-corrected chi connectivity index (χ3v) is 5.43. The first kappa shape index (κ1) is 21.6. The molecule has 2 aromatic carbocycles. The molecule has 0 bridgehead atoms. The van der Waals surface area contributed by atoms with Gasteiger partial charge < -0.3 is 19.7 Å². The molecule has 156 valence electrons. The van der Waals surface area contributed by atoms with Crippen LogP contribution in [0.1, 0.15) is 17.5 Å². The maximum Gasteiger partial charge on any atom is 0.173 e. The lowest BCUT2D eigenvalue weighted by Crippen LogP contribution is -2.40. The van der Waals surface area contributed by atoms with Gasteiger partial charge in [0.2, 0.25) is 0 Å². The Balaban J connectivity index is 1.63. The Kier molecular flexibility index (Phi) is 8.28. The summed E-state index contributed by atoms with van der Waals surface area (Å²) in [6.45, 7) is 8.59. The topological polar surface area (TPSA) is 37.0 Å². The molecule has 1 N–H and O–H groups in total. The van der Waals surface area contributed by atoms with E-state index in [1.807, 2.05) is 24.3 Å². The summed E-state index contributed by atoms with van der Waals surface area (Å²) in [5, 5.41) is 4.12. The number of rotatable bonds is 8. The lowest BCUT2D eigenvalue weighted by atomic mass is 10.1. The van der Waals surface area contributed by atoms with Gasteiger partial charge in [0.25, 0.3) is 0 Å². The summed E-state index contributed by atoms with van der Waals surface area (Å²) in [6.07, 6.45) is 1.06. The van der Waals surface area contributed by atoms with E-state index >= 15 is 0 Å². The molecule has 0 amide bonds. The van der Waals surface area contributed by atoms with Gasteiger partial charge in [-0.3, -0.25) is 4.90 Å². The van der Waals surface area contributed by atoms with E-state index in [9.17, 15) is 0 Å².